The van der Waals surface area contributed by atoms with Gasteiger partial charge in [0.25, 0.3) is 0 Å². The number of halogens is 1. The van der Waals surface area contributed by atoms with E-state index in [-0.39, 0.29) is 11.9 Å². The lowest BCUT2D eigenvalue weighted by Gasteiger charge is -2.06. The molecule has 0 radical (unpaired) electrons. The number of hydrogen-bond acceptors (Lipinski definition) is 2. The number of hydrogen-bond donors (Lipinski definition) is 0. The maximum absolute atomic E-state index is 11.1. The van der Waals surface area contributed by atoms with Gasteiger partial charge in [0.1, 0.15) is 5.92 Å². The average molecular weight is 264 g/mol. The molecular formula is C8H9IO2. The molecule has 0 spiro atoms. The number of carbonyl (C=O) groups is 1. The van der Waals surface area contributed by atoms with Gasteiger partial charge in [-0.2, -0.15) is 0 Å². The molecule has 0 aromatic rings. The number of esters is 1. The van der Waals surface area contributed by atoms with Gasteiger partial charge in [-0.1, -0.05) is 18.2 Å². The number of carbonyl (C=O) groups excluding carboxylic acids is 1. The fourth-order valence-electron chi connectivity index (χ4n) is 0.877. The lowest BCUT2D eigenvalue weighted by molar-refractivity contribution is -0.144. The highest BCUT2D eigenvalue weighted by molar-refractivity contribution is 14.1. The van der Waals surface area contributed by atoms with Gasteiger partial charge in [-0.3, -0.25) is 4.79 Å². The first-order chi connectivity index (χ1) is 5.25. The Labute approximate surface area is 79.4 Å². The molecule has 1 aliphatic rings. The van der Waals surface area contributed by atoms with Crippen molar-refractivity contribution in [2.75, 3.05) is 6.61 Å². The molecule has 0 fully saturated rings. The third-order valence-corrected chi connectivity index (χ3v) is 2.43. The molecule has 60 valence electrons. The van der Waals surface area contributed by atoms with Crippen LogP contribution in [0.5, 0.6) is 0 Å². The third-order valence-electron chi connectivity index (χ3n) is 1.40. The summed E-state index contributed by atoms with van der Waals surface area (Å²) in [7, 11) is 0. The number of rotatable bonds is 2. The van der Waals surface area contributed by atoms with E-state index in [1.54, 1.807) is 0 Å². The van der Waals surface area contributed by atoms with Crippen LogP contribution in [0.4, 0.5) is 0 Å². The van der Waals surface area contributed by atoms with Crippen molar-refractivity contribution >= 4 is 28.6 Å². The zero-order valence-electron chi connectivity index (χ0n) is 6.21. The second-order valence-electron chi connectivity index (χ2n) is 2.17. The molecule has 0 saturated heterocycles. The quantitative estimate of drug-likeness (QED) is 0.563. The van der Waals surface area contributed by atoms with Crippen LogP contribution in [0, 0.1) is 5.92 Å². The fourth-order valence-corrected chi connectivity index (χ4v) is 1.55. The maximum atomic E-state index is 11.1. The van der Waals surface area contributed by atoms with Crippen LogP contribution >= 0.6 is 22.6 Å². The second kappa shape index (κ2) is 3.90. The van der Waals surface area contributed by atoms with Gasteiger partial charge in [-0.05, 0) is 29.5 Å². The summed E-state index contributed by atoms with van der Waals surface area (Å²) in [5.74, 6) is -0.294. The van der Waals surface area contributed by atoms with E-state index in [9.17, 15) is 4.79 Å². The van der Waals surface area contributed by atoms with Crippen molar-refractivity contribution in [2.45, 2.75) is 6.92 Å². The van der Waals surface area contributed by atoms with Gasteiger partial charge in [-0.25, -0.2) is 0 Å². The van der Waals surface area contributed by atoms with Crippen molar-refractivity contribution in [1.29, 1.82) is 0 Å². The van der Waals surface area contributed by atoms with E-state index in [1.165, 1.54) is 0 Å². The highest BCUT2D eigenvalue weighted by Gasteiger charge is 2.21. The number of ether oxygens (including phenoxy) is 1. The second-order valence-corrected chi connectivity index (χ2v) is 3.41. The lowest BCUT2D eigenvalue weighted by Crippen LogP contribution is -2.14. The first-order valence-corrected chi connectivity index (χ1v) is 4.54. The van der Waals surface area contributed by atoms with Gasteiger partial charge in [0.05, 0.1) is 6.61 Å². The van der Waals surface area contributed by atoms with Crippen LogP contribution in [0.3, 0.4) is 0 Å². The van der Waals surface area contributed by atoms with E-state index in [0.717, 1.165) is 3.58 Å². The molecule has 3 heteroatoms. The van der Waals surface area contributed by atoms with Gasteiger partial charge < -0.3 is 4.74 Å². The van der Waals surface area contributed by atoms with Crippen molar-refractivity contribution in [3.8, 4) is 0 Å². The van der Waals surface area contributed by atoms with E-state index >= 15 is 0 Å². The van der Waals surface area contributed by atoms with E-state index in [4.69, 9.17) is 4.74 Å². The molecule has 1 aliphatic carbocycles. The minimum absolute atomic E-state index is 0.143. The predicted molar refractivity (Wildman–Crippen MR) is 51.4 cm³/mol. The van der Waals surface area contributed by atoms with E-state index in [0.29, 0.717) is 6.61 Å². The predicted octanol–water partition coefficient (Wildman–Crippen LogP) is 2.05. The van der Waals surface area contributed by atoms with Crippen LogP contribution in [0.25, 0.3) is 0 Å². The summed E-state index contributed by atoms with van der Waals surface area (Å²) in [4.78, 5) is 11.1. The van der Waals surface area contributed by atoms with Gasteiger partial charge in [-0.15, -0.1) is 0 Å². The Morgan fingerprint density at radius 3 is 3.00 bits per heavy atom. The van der Waals surface area contributed by atoms with Crippen molar-refractivity contribution in [3.05, 3.63) is 21.8 Å². The van der Waals surface area contributed by atoms with Crippen molar-refractivity contribution < 1.29 is 9.53 Å². The largest absolute Gasteiger partial charge is 0.465 e. The van der Waals surface area contributed by atoms with Gasteiger partial charge >= 0.3 is 5.97 Å². The summed E-state index contributed by atoms with van der Waals surface area (Å²) in [6, 6.07) is 0. The Kier molecular flexibility index (Phi) is 3.11. The molecule has 0 aromatic carbocycles. The SMILES string of the molecule is CCOC(=O)C1C=CC=C1I. The van der Waals surface area contributed by atoms with Crippen molar-refractivity contribution in [3.63, 3.8) is 0 Å². The summed E-state index contributed by atoms with van der Waals surface area (Å²) in [5.41, 5.74) is 0. The standard InChI is InChI=1S/C8H9IO2/c1-2-11-8(10)6-4-3-5-7(6)9/h3-6H,2H2,1H3. The molecule has 1 rings (SSSR count). The van der Waals surface area contributed by atoms with E-state index in [1.807, 2.05) is 25.2 Å². The fraction of sp³-hybridized carbons (Fsp3) is 0.375. The van der Waals surface area contributed by atoms with Crippen LogP contribution in [-0.4, -0.2) is 12.6 Å². The van der Waals surface area contributed by atoms with Gasteiger partial charge in [0.15, 0.2) is 0 Å². The minimum atomic E-state index is -0.151. The highest BCUT2D eigenvalue weighted by Crippen LogP contribution is 2.26. The van der Waals surface area contributed by atoms with Crippen molar-refractivity contribution in [2.24, 2.45) is 5.92 Å². The molecule has 0 heterocycles. The first-order valence-electron chi connectivity index (χ1n) is 3.46. The van der Waals surface area contributed by atoms with Crippen LogP contribution in [0.15, 0.2) is 21.8 Å². The molecule has 0 saturated carbocycles. The Morgan fingerprint density at radius 2 is 2.55 bits per heavy atom. The number of allylic oxidation sites excluding steroid dienone is 2. The van der Waals surface area contributed by atoms with E-state index < -0.39 is 0 Å². The molecule has 0 bridgehead atoms. The smallest absolute Gasteiger partial charge is 0.317 e. The lowest BCUT2D eigenvalue weighted by atomic mass is 10.2. The highest BCUT2D eigenvalue weighted by atomic mass is 127. The van der Waals surface area contributed by atoms with E-state index in [2.05, 4.69) is 22.6 Å². The molecule has 0 N–H and O–H groups in total. The monoisotopic (exact) mass is 264 g/mol. The van der Waals surface area contributed by atoms with Gasteiger partial charge in [0, 0.05) is 3.58 Å². The zero-order chi connectivity index (χ0) is 8.27. The molecule has 11 heavy (non-hydrogen) atoms. The first kappa shape index (κ1) is 8.77. The zero-order valence-corrected chi connectivity index (χ0v) is 8.37. The van der Waals surface area contributed by atoms with Crippen LogP contribution in [0.2, 0.25) is 0 Å². The Balaban J connectivity index is 2.55. The third kappa shape index (κ3) is 2.05. The summed E-state index contributed by atoms with van der Waals surface area (Å²) < 4.78 is 5.89. The topological polar surface area (TPSA) is 26.3 Å². The summed E-state index contributed by atoms with van der Waals surface area (Å²) in [5, 5.41) is 0. The minimum Gasteiger partial charge on any atom is -0.465 e. The van der Waals surface area contributed by atoms with Crippen molar-refractivity contribution in [1.82, 2.24) is 0 Å². The summed E-state index contributed by atoms with van der Waals surface area (Å²) >= 11 is 2.15. The average Bonchev–Trinajstić information content (AvgIpc) is 2.36. The Hall–Kier alpha value is -0.320. The molecule has 0 aromatic heterocycles. The normalized spacial score (nSPS) is 21.6. The van der Waals surface area contributed by atoms with Crippen LogP contribution < -0.4 is 0 Å². The molecular weight excluding hydrogens is 255 g/mol. The Bertz CT molecular complexity index is 218. The molecule has 1 atom stereocenters. The maximum Gasteiger partial charge on any atom is 0.317 e. The molecule has 2 nitrogen and oxygen atoms in total. The molecule has 0 amide bonds. The van der Waals surface area contributed by atoms with Crippen LogP contribution in [0.1, 0.15) is 6.92 Å². The molecule has 1 unspecified atom stereocenters. The van der Waals surface area contributed by atoms with Gasteiger partial charge in [0.2, 0.25) is 0 Å². The summed E-state index contributed by atoms with van der Waals surface area (Å²) in [6.07, 6.45) is 5.64. The summed E-state index contributed by atoms with van der Waals surface area (Å²) in [6.45, 7) is 2.26. The Morgan fingerprint density at radius 1 is 1.82 bits per heavy atom. The van der Waals surface area contributed by atoms with Crippen LogP contribution in [-0.2, 0) is 9.53 Å². The molecule has 0 aliphatic heterocycles.